The van der Waals surface area contributed by atoms with E-state index in [0.29, 0.717) is 11.0 Å². The topological polar surface area (TPSA) is 49.1 Å². The molecule has 2 aromatic rings. The first-order valence-electron chi connectivity index (χ1n) is 7.97. The summed E-state index contributed by atoms with van der Waals surface area (Å²) < 4.78 is 5.35. The van der Waals surface area contributed by atoms with Crippen LogP contribution in [0.25, 0.3) is 0 Å². The highest BCUT2D eigenvalue weighted by Gasteiger charge is 2.34. The molecule has 0 bridgehead atoms. The maximum Gasteiger partial charge on any atom is 0.258 e. The number of nitrogens with zero attached hydrogens (tertiary/aromatic N) is 3. The summed E-state index contributed by atoms with van der Waals surface area (Å²) in [6.07, 6.45) is 3.46. The van der Waals surface area contributed by atoms with Crippen LogP contribution in [-0.4, -0.2) is 36.4 Å². The van der Waals surface area contributed by atoms with Gasteiger partial charge in [-0.3, -0.25) is 4.79 Å². The van der Waals surface area contributed by atoms with Crippen LogP contribution in [0.2, 0.25) is 5.02 Å². The Morgan fingerprint density at radius 1 is 1.29 bits per heavy atom. The second-order valence-electron chi connectivity index (χ2n) is 5.86. The molecule has 0 saturated carbocycles. The number of benzene rings is 1. The Morgan fingerprint density at radius 3 is 2.71 bits per heavy atom. The standard InChI is InChI=1S/C18H20ClN3O2/c1-13-17(23)22(15-9-7-14(19)8-10-15)18(20-13)21(2)11-3-5-16-6-4-12-24-16/h4,6-10,12-13H,3,5,11H2,1-2H3. The number of anilines is 1. The zero-order valence-electron chi connectivity index (χ0n) is 13.8. The van der Waals surface area contributed by atoms with Crippen molar-refractivity contribution in [3.8, 4) is 0 Å². The van der Waals surface area contributed by atoms with E-state index in [9.17, 15) is 4.79 Å². The summed E-state index contributed by atoms with van der Waals surface area (Å²) >= 11 is 5.95. The summed E-state index contributed by atoms with van der Waals surface area (Å²) in [5.41, 5.74) is 0.783. The van der Waals surface area contributed by atoms with Gasteiger partial charge in [0.2, 0.25) is 5.96 Å². The zero-order chi connectivity index (χ0) is 17.1. The number of hydrogen-bond donors (Lipinski definition) is 0. The smallest absolute Gasteiger partial charge is 0.258 e. The number of guanidine groups is 1. The lowest BCUT2D eigenvalue weighted by Gasteiger charge is -2.26. The first kappa shape index (κ1) is 16.6. The molecular formula is C18H20ClN3O2. The van der Waals surface area contributed by atoms with Crippen molar-refractivity contribution in [3.63, 3.8) is 0 Å². The second kappa shape index (κ2) is 7.09. The largest absolute Gasteiger partial charge is 0.469 e. The third-order valence-electron chi connectivity index (χ3n) is 4.01. The molecule has 0 aliphatic carbocycles. The Bertz CT molecular complexity index is 725. The predicted molar refractivity (Wildman–Crippen MR) is 95.5 cm³/mol. The van der Waals surface area contributed by atoms with Crippen molar-refractivity contribution in [2.24, 2.45) is 4.99 Å². The lowest BCUT2D eigenvalue weighted by molar-refractivity contribution is -0.117. The molecular weight excluding hydrogens is 326 g/mol. The van der Waals surface area contributed by atoms with Crippen molar-refractivity contribution in [2.45, 2.75) is 25.8 Å². The average Bonchev–Trinajstić information content (AvgIpc) is 3.18. The fourth-order valence-electron chi connectivity index (χ4n) is 2.72. The monoisotopic (exact) mass is 345 g/mol. The van der Waals surface area contributed by atoms with Crippen molar-refractivity contribution in [2.75, 3.05) is 18.5 Å². The Hall–Kier alpha value is -2.27. The molecule has 1 unspecified atom stereocenters. The number of aliphatic imine (C=N–C) groups is 1. The van der Waals surface area contributed by atoms with Crippen molar-refractivity contribution in [3.05, 3.63) is 53.4 Å². The van der Waals surface area contributed by atoms with Crippen molar-refractivity contribution in [1.82, 2.24) is 4.90 Å². The maximum atomic E-state index is 12.5. The number of amides is 1. The van der Waals surface area contributed by atoms with Gasteiger partial charge in [0.1, 0.15) is 11.8 Å². The molecule has 1 aliphatic heterocycles. The van der Waals surface area contributed by atoms with Crippen molar-refractivity contribution >= 4 is 29.2 Å². The maximum absolute atomic E-state index is 12.5. The summed E-state index contributed by atoms with van der Waals surface area (Å²) in [5, 5.41) is 0.642. The van der Waals surface area contributed by atoms with Gasteiger partial charge in [-0.05, 0) is 49.7 Å². The highest BCUT2D eigenvalue weighted by Crippen LogP contribution is 2.24. The number of carbonyl (C=O) groups excluding carboxylic acids is 1. The quantitative estimate of drug-likeness (QED) is 0.832. The molecule has 3 rings (SSSR count). The molecule has 1 amide bonds. The summed E-state index contributed by atoms with van der Waals surface area (Å²) in [7, 11) is 1.95. The molecule has 5 nitrogen and oxygen atoms in total. The summed E-state index contributed by atoms with van der Waals surface area (Å²) in [4.78, 5) is 20.7. The molecule has 0 saturated heterocycles. The number of hydrogen-bond acceptors (Lipinski definition) is 4. The van der Waals surface area contributed by atoms with E-state index in [2.05, 4.69) is 4.99 Å². The minimum absolute atomic E-state index is 0.0230. The van der Waals surface area contributed by atoms with Gasteiger partial charge < -0.3 is 9.32 Å². The van der Waals surface area contributed by atoms with Crippen molar-refractivity contribution < 1.29 is 9.21 Å². The SMILES string of the molecule is CC1N=C(N(C)CCCc2ccco2)N(c2ccc(Cl)cc2)C1=O. The third kappa shape index (κ3) is 3.46. The molecule has 0 radical (unpaired) electrons. The first-order valence-corrected chi connectivity index (χ1v) is 8.35. The minimum atomic E-state index is -0.372. The molecule has 1 aromatic carbocycles. The molecule has 1 aromatic heterocycles. The van der Waals surface area contributed by atoms with Crippen LogP contribution in [0.1, 0.15) is 19.1 Å². The Labute approximate surface area is 146 Å². The van der Waals surface area contributed by atoms with Crippen LogP contribution in [0, 0.1) is 0 Å². The molecule has 6 heteroatoms. The van der Waals surface area contributed by atoms with E-state index in [1.165, 1.54) is 0 Å². The van der Waals surface area contributed by atoms with Crippen LogP contribution >= 0.6 is 11.6 Å². The molecule has 1 atom stereocenters. The zero-order valence-corrected chi connectivity index (χ0v) is 14.5. The average molecular weight is 346 g/mol. The van der Waals surface area contributed by atoms with E-state index in [1.807, 2.05) is 43.1 Å². The van der Waals surface area contributed by atoms with Crippen LogP contribution in [0.4, 0.5) is 5.69 Å². The fraction of sp³-hybridized carbons (Fsp3) is 0.333. The molecule has 0 fully saturated rings. The van der Waals surface area contributed by atoms with Gasteiger partial charge in [0.25, 0.3) is 5.91 Å². The highest BCUT2D eigenvalue weighted by molar-refractivity contribution is 6.30. The fourth-order valence-corrected chi connectivity index (χ4v) is 2.84. The van der Waals surface area contributed by atoms with Crippen LogP contribution in [0.3, 0.4) is 0 Å². The van der Waals surface area contributed by atoms with Gasteiger partial charge in [0.05, 0.1) is 12.0 Å². The Balaban J connectivity index is 1.70. The van der Waals surface area contributed by atoms with E-state index in [1.54, 1.807) is 23.3 Å². The molecule has 24 heavy (non-hydrogen) atoms. The van der Waals surface area contributed by atoms with Crippen molar-refractivity contribution in [1.29, 1.82) is 0 Å². The van der Waals surface area contributed by atoms with Gasteiger partial charge in [0, 0.05) is 25.0 Å². The van der Waals surface area contributed by atoms with Gasteiger partial charge in [-0.2, -0.15) is 0 Å². The van der Waals surface area contributed by atoms with Crippen LogP contribution in [0.5, 0.6) is 0 Å². The Morgan fingerprint density at radius 2 is 2.04 bits per heavy atom. The number of aryl methyl sites for hydroxylation is 1. The van der Waals surface area contributed by atoms with Crippen LogP contribution in [-0.2, 0) is 11.2 Å². The molecule has 2 heterocycles. The van der Waals surface area contributed by atoms with Gasteiger partial charge in [0.15, 0.2) is 0 Å². The predicted octanol–water partition coefficient (Wildman–Crippen LogP) is 3.59. The van der Waals surface area contributed by atoms with Gasteiger partial charge in [-0.1, -0.05) is 11.6 Å². The molecule has 1 aliphatic rings. The van der Waals surface area contributed by atoms with E-state index in [-0.39, 0.29) is 11.9 Å². The summed E-state index contributed by atoms with van der Waals surface area (Å²) in [5.74, 6) is 1.62. The van der Waals surface area contributed by atoms with Gasteiger partial charge in [-0.15, -0.1) is 0 Å². The van der Waals surface area contributed by atoms with E-state index in [4.69, 9.17) is 16.0 Å². The number of furan rings is 1. The minimum Gasteiger partial charge on any atom is -0.469 e. The number of rotatable bonds is 5. The first-order chi connectivity index (χ1) is 11.6. The molecule has 126 valence electrons. The van der Waals surface area contributed by atoms with E-state index >= 15 is 0 Å². The normalized spacial score (nSPS) is 17.3. The molecule has 0 N–H and O–H groups in total. The second-order valence-corrected chi connectivity index (χ2v) is 6.30. The lowest BCUT2D eigenvalue weighted by Crippen LogP contribution is -2.43. The van der Waals surface area contributed by atoms with E-state index in [0.717, 1.165) is 30.8 Å². The third-order valence-corrected chi connectivity index (χ3v) is 4.26. The highest BCUT2D eigenvalue weighted by atomic mass is 35.5. The Kier molecular flexibility index (Phi) is 4.90. The lowest BCUT2D eigenvalue weighted by atomic mass is 10.2. The number of halogens is 1. The summed E-state index contributed by atoms with van der Waals surface area (Å²) in [6, 6.07) is 10.7. The number of carbonyl (C=O) groups is 1. The molecule has 0 spiro atoms. The van der Waals surface area contributed by atoms with Crippen LogP contribution in [0.15, 0.2) is 52.1 Å². The van der Waals surface area contributed by atoms with E-state index < -0.39 is 0 Å². The van der Waals surface area contributed by atoms with Gasteiger partial charge >= 0.3 is 0 Å². The summed E-state index contributed by atoms with van der Waals surface area (Å²) in [6.45, 7) is 2.60. The van der Waals surface area contributed by atoms with Gasteiger partial charge in [-0.25, -0.2) is 9.89 Å². The van der Waals surface area contributed by atoms with Crippen LogP contribution < -0.4 is 4.90 Å².